The molecule has 116 valence electrons. The lowest BCUT2D eigenvalue weighted by molar-refractivity contribution is -0.142. The van der Waals surface area contributed by atoms with Crippen LogP contribution in [0.2, 0.25) is 0 Å². The van der Waals surface area contributed by atoms with Gasteiger partial charge in [-0.15, -0.1) is 0 Å². The fourth-order valence-corrected chi connectivity index (χ4v) is 1.92. The van der Waals surface area contributed by atoms with Crippen LogP contribution in [0.15, 0.2) is 30.3 Å². The summed E-state index contributed by atoms with van der Waals surface area (Å²) in [6.45, 7) is 3.57. The van der Waals surface area contributed by atoms with Crippen LogP contribution in [0.5, 0.6) is 0 Å². The molecule has 1 atom stereocenters. The van der Waals surface area contributed by atoms with Gasteiger partial charge in [-0.3, -0.25) is 4.79 Å². The predicted molar refractivity (Wildman–Crippen MR) is 80.0 cm³/mol. The molecule has 2 N–H and O–H groups in total. The van der Waals surface area contributed by atoms with E-state index < -0.39 is 17.6 Å². The second-order valence-corrected chi connectivity index (χ2v) is 5.62. The molecule has 0 spiro atoms. The zero-order valence-corrected chi connectivity index (χ0v) is 12.8. The number of aryl methyl sites for hydroxylation is 1. The highest BCUT2D eigenvalue weighted by molar-refractivity contribution is 5.84. The van der Waals surface area contributed by atoms with Crippen LogP contribution < -0.4 is 5.32 Å². The molecule has 0 radical (unpaired) electrons. The highest BCUT2D eigenvalue weighted by atomic mass is 16.5. The van der Waals surface area contributed by atoms with E-state index in [4.69, 9.17) is 4.74 Å². The molecule has 1 aromatic carbocycles. The lowest BCUT2D eigenvalue weighted by Crippen LogP contribution is -2.43. The Kier molecular flexibility index (Phi) is 6.37. The van der Waals surface area contributed by atoms with Gasteiger partial charge in [-0.2, -0.15) is 0 Å². The number of carboxylic acids is 1. The molecule has 5 nitrogen and oxygen atoms in total. The summed E-state index contributed by atoms with van der Waals surface area (Å²) in [6.07, 6.45) is 1.09. The van der Waals surface area contributed by atoms with Crippen molar-refractivity contribution in [2.45, 2.75) is 44.8 Å². The fraction of sp³-hybridized carbons (Fsp3) is 0.500. The number of benzene rings is 1. The highest BCUT2D eigenvalue weighted by Gasteiger charge is 2.25. The number of amides is 1. The molecule has 0 aliphatic rings. The van der Waals surface area contributed by atoms with E-state index in [1.165, 1.54) is 7.11 Å². The highest BCUT2D eigenvalue weighted by Crippen LogP contribution is 2.13. The molecule has 0 bridgehead atoms. The summed E-state index contributed by atoms with van der Waals surface area (Å²) in [7, 11) is 1.53. The predicted octanol–water partition coefficient (Wildman–Crippen LogP) is 2.00. The molecule has 0 aromatic heterocycles. The minimum absolute atomic E-state index is 0.124. The van der Waals surface area contributed by atoms with Crippen molar-refractivity contribution in [2.24, 2.45) is 0 Å². The minimum Gasteiger partial charge on any atom is -0.480 e. The first kappa shape index (κ1) is 17.2. The molecule has 0 heterocycles. The van der Waals surface area contributed by atoms with E-state index >= 15 is 0 Å². The third kappa shape index (κ3) is 6.40. The van der Waals surface area contributed by atoms with Crippen molar-refractivity contribution in [2.75, 3.05) is 7.11 Å². The van der Waals surface area contributed by atoms with E-state index in [0.29, 0.717) is 12.8 Å². The Morgan fingerprint density at radius 1 is 1.29 bits per heavy atom. The summed E-state index contributed by atoms with van der Waals surface area (Å²) in [6, 6.07) is 8.72. The summed E-state index contributed by atoms with van der Waals surface area (Å²) < 4.78 is 5.17. The minimum atomic E-state index is -1.02. The number of carboxylic acid groups (broad SMARTS) is 1. The molecular formula is C16H23NO4. The number of hydrogen-bond donors (Lipinski definition) is 2. The van der Waals surface area contributed by atoms with Crippen LogP contribution in [0, 0.1) is 0 Å². The second kappa shape index (κ2) is 7.78. The van der Waals surface area contributed by atoms with Crippen molar-refractivity contribution in [1.29, 1.82) is 0 Å². The maximum atomic E-state index is 11.9. The van der Waals surface area contributed by atoms with E-state index in [2.05, 4.69) is 5.32 Å². The zero-order valence-electron chi connectivity index (χ0n) is 12.8. The van der Waals surface area contributed by atoms with Gasteiger partial charge in [0.15, 0.2) is 0 Å². The molecule has 1 amide bonds. The van der Waals surface area contributed by atoms with Crippen molar-refractivity contribution < 1.29 is 19.4 Å². The number of carbonyl (C=O) groups excluding carboxylic acids is 1. The van der Waals surface area contributed by atoms with E-state index in [0.717, 1.165) is 5.56 Å². The lowest BCUT2D eigenvalue weighted by atomic mass is 10.0. The Hall–Kier alpha value is -1.88. The van der Waals surface area contributed by atoms with Gasteiger partial charge in [0.2, 0.25) is 5.91 Å². The molecule has 1 rings (SSSR count). The van der Waals surface area contributed by atoms with E-state index in [9.17, 15) is 14.7 Å². The largest absolute Gasteiger partial charge is 0.480 e. The quantitative estimate of drug-likeness (QED) is 0.768. The fourth-order valence-electron chi connectivity index (χ4n) is 1.92. The third-order valence-electron chi connectivity index (χ3n) is 3.34. The third-order valence-corrected chi connectivity index (χ3v) is 3.34. The standard InChI is InChI=1S/C16H23NO4/c1-16(2,21-3)11-14(18)17-13(15(19)20)10-9-12-7-5-4-6-8-12/h4-8,13H,9-11H2,1-3H3,(H,17,18)(H,19,20). The van der Waals surface area contributed by atoms with E-state index in [1.54, 1.807) is 13.8 Å². The van der Waals surface area contributed by atoms with Crippen LogP contribution in [0.25, 0.3) is 0 Å². The van der Waals surface area contributed by atoms with Gasteiger partial charge in [-0.1, -0.05) is 30.3 Å². The average Bonchev–Trinajstić information content (AvgIpc) is 2.43. The molecule has 1 unspecified atom stereocenters. The number of aliphatic carboxylic acids is 1. The average molecular weight is 293 g/mol. The Bertz CT molecular complexity index is 470. The molecule has 21 heavy (non-hydrogen) atoms. The molecular weight excluding hydrogens is 270 g/mol. The Labute approximate surface area is 125 Å². The van der Waals surface area contributed by atoms with Gasteiger partial charge in [0.05, 0.1) is 12.0 Å². The van der Waals surface area contributed by atoms with Crippen molar-refractivity contribution in [3.63, 3.8) is 0 Å². The van der Waals surface area contributed by atoms with Gasteiger partial charge in [0.1, 0.15) is 6.04 Å². The van der Waals surface area contributed by atoms with E-state index in [1.807, 2.05) is 30.3 Å². The Morgan fingerprint density at radius 2 is 1.90 bits per heavy atom. The summed E-state index contributed by atoms with van der Waals surface area (Å²) in [5.41, 5.74) is 0.447. The topological polar surface area (TPSA) is 75.6 Å². The molecule has 1 aromatic rings. The van der Waals surface area contributed by atoms with Crippen molar-refractivity contribution in [1.82, 2.24) is 5.32 Å². The van der Waals surface area contributed by atoms with Crippen LogP contribution in [0.3, 0.4) is 0 Å². The number of hydrogen-bond acceptors (Lipinski definition) is 3. The zero-order chi connectivity index (χ0) is 15.9. The van der Waals surface area contributed by atoms with Gasteiger partial charge in [0, 0.05) is 7.11 Å². The Balaban J connectivity index is 2.54. The van der Waals surface area contributed by atoms with Gasteiger partial charge in [0.25, 0.3) is 0 Å². The summed E-state index contributed by atoms with van der Waals surface area (Å²) in [5, 5.41) is 11.8. The first-order chi connectivity index (χ1) is 9.84. The smallest absolute Gasteiger partial charge is 0.326 e. The molecule has 5 heteroatoms. The van der Waals surface area contributed by atoms with Gasteiger partial charge >= 0.3 is 5.97 Å². The number of nitrogens with one attached hydrogen (secondary N) is 1. The van der Waals surface area contributed by atoms with E-state index in [-0.39, 0.29) is 12.3 Å². The molecule has 0 fully saturated rings. The van der Waals surface area contributed by atoms with Crippen molar-refractivity contribution >= 4 is 11.9 Å². The SMILES string of the molecule is COC(C)(C)CC(=O)NC(CCc1ccccc1)C(=O)O. The molecule has 0 aliphatic carbocycles. The van der Waals surface area contributed by atoms with Crippen LogP contribution >= 0.6 is 0 Å². The summed E-state index contributed by atoms with van der Waals surface area (Å²) in [5.74, 6) is -1.34. The lowest BCUT2D eigenvalue weighted by Gasteiger charge is -2.23. The van der Waals surface area contributed by atoms with Crippen LogP contribution in [-0.2, 0) is 20.7 Å². The van der Waals surface area contributed by atoms with Crippen LogP contribution in [0.1, 0.15) is 32.3 Å². The van der Waals surface area contributed by atoms with Gasteiger partial charge in [-0.25, -0.2) is 4.79 Å². The number of ether oxygens (including phenoxy) is 1. The molecule has 0 saturated heterocycles. The summed E-state index contributed by atoms with van der Waals surface area (Å²) in [4.78, 5) is 23.1. The van der Waals surface area contributed by atoms with Gasteiger partial charge in [-0.05, 0) is 32.3 Å². The first-order valence-electron chi connectivity index (χ1n) is 6.95. The second-order valence-electron chi connectivity index (χ2n) is 5.62. The monoisotopic (exact) mass is 293 g/mol. The number of methoxy groups -OCH3 is 1. The maximum Gasteiger partial charge on any atom is 0.326 e. The molecule has 0 saturated carbocycles. The Morgan fingerprint density at radius 3 is 2.43 bits per heavy atom. The summed E-state index contributed by atoms with van der Waals surface area (Å²) >= 11 is 0. The van der Waals surface area contributed by atoms with Crippen LogP contribution in [-0.4, -0.2) is 35.7 Å². The number of carbonyl (C=O) groups is 2. The first-order valence-corrected chi connectivity index (χ1v) is 6.95. The van der Waals surface area contributed by atoms with Gasteiger partial charge < -0.3 is 15.2 Å². The number of rotatable bonds is 8. The molecule has 0 aliphatic heterocycles. The van der Waals surface area contributed by atoms with Crippen molar-refractivity contribution in [3.05, 3.63) is 35.9 Å². The normalized spacial score (nSPS) is 12.7. The van der Waals surface area contributed by atoms with Crippen molar-refractivity contribution in [3.8, 4) is 0 Å². The maximum absolute atomic E-state index is 11.9. The van der Waals surface area contributed by atoms with Crippen LogP contribution in [0.4, 0.5) is 0 Å².